The van der Waals surface area contributed by atoms with E-state index in [-0.39, 0.29) is 17.3 Å². The fraction of sp³-hybridized carbons (Fsp3) is 0.318. The van der Waals surface area contributed by atoms with Gasteiger partial charge in [0.2, 0.25) is 5.78 Å². The van der Waals surface area contributed by atoms with Gasteiger partial charge in [0, 0.05) is 18.7 Å². The highest BCUT2D eigenvalue weighted by Gasteiger charge is 2.32. The van der Waals surface area contributed by atoms with Gasteiger partial charge in [-0.2, -0.15) is 0 Å². The van der Waals surface area contributed by atoms with E-state index in [0.717, 1.165) is 19.5 Å². The molecule has 0 spiro atoms. The largest absolute Gasteiger partial charge is 0.507 e. The van der Waals surface area contributed by atoms with E-state index in [1.807, 2.05) is 0 Å². The highest BCUT2D eigenvalue weighted by atomic mass is 19.1. The second kappa shape index (κ2) is 7.16. The van der Waals surface area contributed by atoms with Crippen molar-refractivity contribution in [3.8, 4) is 11.5 Å². The summed E-state index contributed by atoms with van der Waals surface area (Å²) >= 11 is 0. The molecule has 140 valence electrons. The van der Waals surface area contributed by atoms with Gasteiger partial charge in [-0.3, -0.25) is 9.69 Å². The number of fused-ring (bicyclic) bond motifs is 1. The minimum absolute atomic E-state index is 0.0777. The zero-order valence-electron chi connectivity index (χ0n) is 15.2. The smallest absolute Gasteiger partial charge is 0.231 e. The van der Waals surface area contributed by atoms with Crippen LogP contribution in [0.5, 0.6) is 11.5 Å². The molecule has 4 rings (SSSR count). The predicted octanol–water partition coefficient (Wildman–Crippen LogP) is 4.38. The van der Waals surface area contributed by atoms with E-state index in [1.165, 1.54) is 24.6 Å². The minimum Gasteiger partial charge on any atom is -0.507 e. The van der Waals surface area contributed by atoms with Crippen LogP contribution in [-0.4, -0.2) is 28.9 Å². The Morgan fingerprint density at radius 2 is 2.11 bits per heavy atom. The van der Waals surface area contributed by atoms with Crippen molar-refractivity contribution in [2.45, 2.75) is 26.3 Å². The minimum atomic E-state index is -0.414. The number of allylic oxidation sites excluding steroid dienone is 1. The molecule has 0 radical (unpaired) electrons. The van der Waals surface area contributed by atoms with Crippen molar-refractivity contribution in [3.63, 3.8) is 0 Å². The molecule has 2 aliphatic heterocycles. The molecule has 1 N–H and O–H groups in total. The standard InChI is InChI=1S/C22H22FNO3/c1-14-5-4-10-24(12-14)13-17-19(25)9-8-16-21(26)20(27-22(16)17)11-15-6-2-3-7-18(15)23/h2-3,6-9,11,14,25H,4-5,10,12-13H2,1H3/b20-11-/t14-/m1/s1. The van der Waals surface area contributed by atoms with Crippen LogP contribution in [0.15, 0.2) is 42.2 Å². The Morgan fingerprint density at radius 3 is 2.89 bits per heavy atom. The first kappa shape index (κ1) is 17.7. The Morgan fingerprint density at radius 1 is 1.30 bits per heavy atom. The average molecular weight is 367 g/mol. The number of Topliss-reactive ketones (excluding diaryl/α,β-unsaturated/α-hetero) is 1. The Bertz CT molecular complexity index is 922. The summed E-state index contributed by atoms with van der Waals surface area (Å²) in [6.45, 7) is 4.66. The quantitative estimate of drug-likeness (QED) is 0.818. The van der Waals surface area contributed by atoms with E-state index >= 15 is 0 Å². The molecule has 0 amide bonds. The van der Waals surface area contributed by atoms with Gasteiger partial charge >= 0.3 is 0 Å². The third-order valence-electron chi connectivity index (χ3n) is 5.23. The summed E-state index contributed by atoms with van der Waals surface area (Å²) in [5, 5.41) is 10.4. The molecular formula is C22H22FNO3. The molecular weight excluding hydrogens is 345 g/mol. The normalized spacial score (nSPS) is 21.3. The van der Waals surface area contributed by atoms with Crippen LogP contribution in [0, 0.1) is 11.7 Å². The second-order valence-electron chi connectivity index (χ2n) is 7.38. The van der Waals surface area contributed by atoms with Gasteiger partial charge in [-0.15, -0.1) is 0 Å². The number of nitrogens with zero attached hydrogens (tertiary/aromatic N) is 1. The summed E-state index contributed by atoms with van der Waals surface area (Å²) in [4.78, 5) is 15.0. The molecule has 1 atom stereocenters. The van der Waals surface area contributed by atoms with Crippen LogP contribution in [0.3, 0.4) is 0 Å². The topological polar surface area (TPSA) is 49.8 Å². The van der Waals surface area contributed by atoms with Gasteiger partial charge in [0.25, 0.3) is 0 Å². The number of piperidine rings is 1. The molecule has 2 aliphatic rings. The van der Waals surface area contributed by atoms with Gasteiger partial charge in [0.1, 0.15) is 17.3 Å². The van der Waals surface area contributed by atoms with Crippen LogP contribution in [0.1, 0.15) is 41.3 Å². The van der Waals surface area contributed by atoms with Crippen LogP contribution in [0.2, 0.25) is 0 Å². The number of phenolic OH excluding ortho intramolecular Hbond substituents is 1. The van der Waals surface area contributed by atoms with Crippen molar-refractivity contribution in [3.05, 3.63) is 64.7 Å². The van der Waals surface area contributed by atoms with Crippen LogP contribution < -0.4 is 4.74 Å². The molecule has 0 unspecified atom stereocenters. The maximum atomic E-state index is 13.9. The van der Waals surface area contributed by atoms with Gasteiger partial charge in [0.15, 0.2) is 5.76 Å². The van der Waals surface area contributed by atoms with Crippen LogP contribution in [-0.2, 0) is 6.54 Å². The number of phenols is 1. The van der Waals surface area contributed by atoms with Crippen molar-refractivity contribution in [2.24, 2.45) is 5.92 Å². The number of likely N-dealkylation sites (tertiary alicyclic amines) is 1. The average Bonchev–Trinajstić information content (AvgIpc) is 2.96. The van der Waals surface area contributed by atoms with Gasteiger partial charge in [0.05, 0.1) is 11.1 Å². The van der Waals surface area contributed by atoms with Gasteiger partial charge < -0.3 is 9.84 Å². The number of hydrogen-bond acceptors (Lipinski definition) is 4. The number of hydrogen-bond donors (Lipinski definition) is 1. The van der Waals surface area contributed by atoms with Crippen molar-refractivity contribution < 1.29 is 19.0 Å². The second-order valence-corrected chi connectivity index (χ2v) is 7.38. The monoisotopic (exact) mass is 367 g/mol. The molecule has 0 aromatic heterocycles. The lowest BCUT2D eigenvalue weighted by atomic mass is 9.99. The summed E-state index contributed by atoms with van der Waals surface area (Å²) in [6, 6.07) is 9.34. The maximum absolute atomic E-state index is 13.9. The summed E-state index contributed by atoms with van der Waals surface area (Å²) in [5.74, 6) is 0.489. The summed E-state index contributed by atoms with van der Waals surface area (Å²) in [7, 11) is 0. The first-order valence-electron chi connectivity index (χ1n) is 9.29. The number of carbonyl (C=O) groups is 1. The van der Waals surface area contributed by atoms with E-state index < -0.39 is 5.82 Å². The molecule has 5 heteroatoms. The molecule has 0 bridgehead atoms. The fourth-order valence-electron chi connectivity index (χ4n) is 3.84. The fourth-order valence-corrected chi connectivity index (χ4v) is 3.84. The van der Waals surface area contributed by atoms with E-state index in [1.54, 1.807) is 24.3 Å². The molecule has 2 heterocycles. The molecule has 0 aliphatic carbocycles. The molecule has 0 saturated carbocycles. The van der Waals surface area contributed by atoms with Crippen LogP contribution in [0.4, 0.5) is 4.39 Å². The van der Waals surface area contributed by atoms with Gasteiger partial charge in [-0.05, 0) is 49.6 Å². The zero-order valence-corrected chi connectivity index (χ0v) is 15.2. The van der Waals surface area contributed by atoms with Crippen LogP contribution >= 0.6 is 0 Å². The van der Waals surface area contributed by atoms with Crippen molar-refractivity contribution >= 4 is 11.9 Å². The highest BCUT2D eigenvalue weighted by Crippen LogP contribution is 2.40. The first-order valence-corrected chi connectivity index (χ1v) is 9.29. The van der Waals surface area contributed by atoms with Gasteiger partial charge in [-0.25, -0.2) is 4.39 Å². The molecule has 4 nitrogen and oxygen atoms in total. The van der Waals surface area contributed by atoms with E-state index in [0.29, 0.717) is 34.9 Å². The Hall–Kier alpha value is -2.66. The van der Waals surface area contributed by atoms with Gasteiger partial charge in [-0.1, -0.05) is 25.1 Å². The third-order valence-corrected chi connectivity index (χ3v) is 5.23. The van der Waals surface area contributed by atoms with Crippen LogP contribution in [0.25, 0.3) is 6.08 Å². The predicted molar refractivity (Wildman–Crippen MR) is 101 cm³/mol. The number of ether oxygens (including phenoxy) is 1. The van der Waals surface area contributed by atoms with E-state index in [2.05, 4.69) is 11.8 Å². The lowest BCUT2D eigenvalue weighted by Crippen LogP contribution is -2.33. The highest BCUT2D eigenvalue weighted by molar-refractivity contribution is 6.15. The molecule has 1 saturated heterocycles. The number of benzene rings is 2. The summed E-state index contributed by atoms with van der Waals surface area (Å²) < 4.78 is 19.7. The summed E-state index contributed by atoms with van der Waals surface area (Å²) in [6.07, 6.45) is 3.75. The zero-order chi connectivity index (χ0) is 19.0. The van der Waals surface area contributed by atoms with E-state index in [4.69, 9.17) is 4.74 Å². The molecule has 2 aromatic rings. The molecule has 1 fully saturated rings. The first-order chi connectivity index (χ1) is 13.0. The van der Waals surface area contributed by atoms with Crippen molar-refractivity contribution in [2.75, 3.05) is 13.1 Å². The lowest BCUT2D eigenvalue weighted by molar-refractivity contribution is 0.101. The van der Waals surface area contributed by atoms with Crippen molar-refractivity contribution in [1.82, 2.24) is 4.90 Å². The Kier molecular flexibility index (Phi) is 4.70. The Labute approximate surface area is 157 Å². The number of halogens is 1. The Balaban J connectivity index is 1.66. The third kappa shape index (κ3) is 3.47. The molecule has 27 heavy (non-hydrogen) atoms. The summed E-state index contributed by atoms with van der Waals surface area (Å²) in [5.41, 5.74) is 1.33. The number of rotatable bonds is 3. The number of aromatic hydroxyl groups is 1. The van der Waals surface area contributed by atoms with Crippen molar-refractivity contribution in [1.29, 1.82) is 0 Å². The lowest BCUT2D eigenvalue weighted by Gasteiger charge is -2.31. The number of carbonyl (C=O) groups excluding carboxylic acids is 1. The SMILES string of the molecule is C[C@@H]1CCCN(Cc2c(O)ccc3c2O/C(=C\c2ccccc2F)C3=O)C1. The number of ketones is 1. The van der Waals surface area contributed by atoms with E-state index in [9.17, 15) is 14.3 Å². The maximum Gasteiger partial charge on any atom is 0.231 e. The molecule has 2 aromatic carbocycles.